The van der Waals surface area contributed by atoms with Crippen molar-refractivity contribution < 1.29 is 13.2 Å². The number of thiophene rings is 1. The van der Waals surface area contributed by atoms with Gasteiger partial charge in [-0.2, -0.15) is 4.31 Å². The van der Waals surface area contributed by atoms with E-state index in [-0.39, 0.29) is 22.7 Å². The lowest BCUT2D eigenvalue weighted by Crippen LogP contribution is -2.42. The number of carbonyl (C=O) groups is 1. The third kappa shape index (κ3) is 3.92. The van der Waals surface area contributed by atoms with Crippen LogP contribution in [-0.2, 0) is 21.4 Å². The van der Waals surface area contributed by atoms with Gasteiger partial charge in [-0.15, -0.1) is 11.3 Å². The molecule has 0 saturated carbocycles. The van der Waals surface area contributed by atoms with E-state index >= 15 is 0 Å². The SMILES string of the molecule is Cc1sc2ncn(CC(=O)N3CCC[C@@H](C)C3)c(=O)c2c1S(=O)(=O)N1CCCCC1. The summed E-state index contributed by atoms with van der Waals surface area (Å²) in [6, 6.07) is 0. The molecule has 2 aliphatic rings. The van der Waals surface area contributed by atoms with Gasteiger partial charge in [0.1, 0.15) is 16.3 Å². The van der Waals surface area contributed by atoms with E-state index in [2.05, 4.69) is 11.9 Å². The van der Waals surface area contributed by atoms with Crippen LogP contribution >= 0.6 is 11.3 Å². The first-order valence-electron chi connectivity index (χ1n) is 10.6. The number of hydrogen-bond donors (Lipinski definition) is 0. The van der Waals surface area contributed by atoms with Gasteiger partial charge in [-0.1, -0.05) is 13.3 Å². The maximum absolute atomic E-state index is 13.3. The number of aromatic nitrogens is 2. The maximum Gasteiger partial charge on any atom is 0.263 e. The number of amides is 1. The van der Waals surface area contributed by atoms with Crippen LogP contribution in [0.3, 0.4) is 0 Å². The zero-order chi connectivity index (χ0) is 21.5. The molecule has 0 aromatic carbocycles. The Kier molecular flexibility index (Phi) is 6.00. The summed E-state index contributed by atoms with van der Waals surface area (Å²) in [5.41, 5.74) is -0.460. The average Bonchev–Trinajstić information content (AvgIpc) is 3.08. The van der Waals surface area contributed by atoms with Crippen molar-refractivity contribution in [3.05, 3.63) is 21.6 Å². The summed E-state index contributed by atoms with van der Waals surface area (Å²) in [4.78, 5) is 33.1. The minimum absolute atomic E-state index is 0.0651. The number of carbonyl (C=O) groups excluding carboxylic acids is 1. The van der Waals surface area contributed by atoms with Gasteiger partial charge >= 0.3 is 0 Å². The summed E-state index contributed by atoms with van der Waals surface area (Å²) in [5.74, 6) is 0.318. The summed E-state index contributed by atoms with van der Waals surface area (Å²) in [5, 5.41) is 0.116. The van der Waals surface area contributed by atoms with E-state index < -0.39 is 15.6 Å². The van der Waals surface area contributed by atoms with Gasteiger partial charge in [-0.25, -0.2) is 13.4 Å². The van der Waals surface area contributed by atoms with Crippen molar-refractivity contribution in [1.29, 1.82) is 0 Å². The second-order valence-electron chi connectivity index (χ2n) is 8.40. The first-order valence-corrected chi connectivity index (χ1v) is 12.8. The van der Waals surface area contributed by atoms with Gasteiger partial charge in [0, 0.05) is 31.1 Å². The molecule has 2 aliphatic heterocycles. The molecule has 0 aliphatic carbocycles. The minimum atomic E-state index is -3.78. The van der Waals surface area contributed by atoms with Crippen LogP contribution in [0.5, 0.6) is 0 Å². The van der Waals surface area contributed by atoms with Gasteiger partial charge in [-0.3, -0.25) is 14.2 Å². The second-order valence-corrected chi connectivity index (χ2v) is 11.5. The standard InChI is InChI=1S/C20H28N4O4S2/c1-14-7-6-8-22(11-14)16(25)12-23-13-21-19-17(20(23)26)18(15(2)29-19)30(27,28)24-9-4-3-5-10-24/h13-14H,3-12H2,1-2H3/t14-/m1/s1. The maximum atomic E-state index is 13.3. The van der Waals surface area contributed by atoms with Gasteiger partial charge in [0.25, 0.3) is 5.56 Å². The predicted molar refractivity (Wildman–Crippen MR) is 116 cm³/mol. The normalized spacial score (nSPS) is 21.3. The van der Waals surface area contributed by atoms with Crippen LogP contribution in [0.25, 0.3) is 10.2 Å². The van der Waals surface area contributed by atoms with E-state index in [1.54, 1.807) is 11.8 Å². The van der Waals surface area contributed by atoms with Crippen LogP contribution in [0.2, 0.25) is 0 Å². The number of fused-ring (bicyclic) bond motifs is 1. The fraction of sp³-hybridized carbons (Fsp3) is 0.650. The van der Waals surface area contributed by atoms with Crippen LogP contribution < -0.4 is 5.56 Å². The highest BCUT2D eigenvalue weighted by atomic mass is 32.2. The van der Waals surface area contributed by atoms with E-state index in [9.17, 15) is 18.0 Å². The molecular formula is C20H28N4O4S2. The highest BCUT2D eigenvalue weighted by Crippen LogP contribution is 2.33. The van der Waals surface area contributed by atoms with Gasteiger partial charge in [0.05, 0.1) is 11.7 Å². The summed E-state index contributed by atoms with van der Waals surface area (Å²) in [6.45, 7) is 6.04. The topological polar surface area (TPSA) is 92.6 Å². The van der Waals surface area contributed by atoms with Crippen molar-refractivity contribution in [3.8, 4) is 0 Å². The molecule has 0 bridgehead atoms. The first-order chi connectivity index (χ1) is 14.3. The third-order valence-corrected chi connectivity index (χ3v) is 9.24. The molecule has 0 spiro atoms. The van der Waals surface area contributed by atoms with Crippen LogP contribution in [0.1, 0.15) is 43.9 Å². The third-order valence-electron chi connectivity index (χ3n) is 6.03. The van der Waals surface area contributed by atoms with E-state index in [4.69, 9.17) is 0 Å². The van der Waals surface area contributed by atoms with Crippen molar-refractivity contribution in [2.45, 2.75) is 57.4 Å². The average molecular weight is 453 g/mol. The highest BCUT2D eigenvalue weighted by molar-refractivity contribution is 7.89. The van der Waals surface area contributed by atoms with Gasteiger partial charge in [0.2, 0.25) is 15.9 Å². The van der Waals surface area contributed by atoms with Crippen molar-refractivity contribution in [1.82, 2.24) is 18.8 Å². The quantitative estimate of drug-likeness (QED) is 0.709. The van der Waals surface area contributed by atoms with Crippen molar-refractivity contribution in [3.63, 3.8) is 0 Å². The minimum Gasteiger partial charge on any atom is -0.341 e. The molecule has 1 atom stereocenters. The van der Waals surface area contributed by atoms with Crippen molar-refractivity contribution >= 4 is 37.5 Å². The number of aryl methyl sites for hydroxylation is 1. The Labute approximate surface area is 180 Å². The van der Waals surface area contributed by atoms with Crippen molar-refractivity contribution in [2.24, 2.45) is 5.92 Å². The Hall–Kier alpha value is -1.78. The molecule has 4 heterocycles. The van der Waals surface area contributed by atoms with E-state index in [0.29, 0.717) is 41.8 Å². The first kappa shape index (κ1) is 21.5. The molecule has 2 aromatic rings. The fourth-order valence-electron chi connectivity index (χ4n) is 4.43. The number of nitrogens with zero attached hydrogens (tertiary/aromatic N) is 4. The zero-order valence-corrected chi connectivity index (χ0v) is 19.1. The summed E-state index contributed by atoms with van der Waals surface area (Å²) in [7, 11) is -3.78. The fourth-order valence-corrected chi connectivity index (χ4v) is 7.62. The molecule has 0 N–H and O–H groups in total. The number of sulfonamides is 1. The second kappa shape index (κ2) is 8.39. The van der Waals surface area contributed by atoms with Gasteiger partial charge < -0.3 is 4.90 Å². The lowest BCUT2D eigenvalue weighted by atomic mass is 10.0. The Morgan fingerprint density at radius 1 is 1.20 bits per heavy atom. The van der Waals surface area contributed by atoms with Crippen LogP contribution in [0.4, 0.5) is 0 Å². The van der Waals surface area contributed by atoms with Gasteiger partial charge in [0.15, 0.2) is 0 Å². The lowest BCUT2D eigenvalue weighted by Gasteiger charge is -2.31. The summed E-state index contributed by atoms with van der Waals surface area (Å²) < 4.78 is 29.4. The zero-order valence-electron chi connectivity index (χ0n) is 17.5. The molecule has 0 radical (unpaired) electrons. The Morgan fingerprint density at radius 2 is 1.93 bits per heavy atom. The van der Waals surface area contributed by atoms with Crippen molar-refractivity contribution in [2.75, 3.05) is 26.2 Å². The molecule has 2 aromatic heterocycles. The molecule has 2 fully saturated rings. The van der Waals surface area contributed by atoms with Gasteiger partial charge in [-0.05, 0) is 38.5 Å². The molecule has 0 unspecified atom stereocenters. The summed E-state index contributed by atoms with van der Waals surface area (Å²) >= 11 is 1.21. The van der Waals surface area contributed by atoms with Crippen LogP contribution in [0.15, 0.2) is 16.0 Å². The number of rotatable bonds is 4. The molecular weight excluding hydrogens is 424 g/mol. The molecule has 30 heavy (non-hydrogen) atoms. The van der Waals surface area contributed by atoms with E-state index in [1.165, 1.54) is 26.5 Å². The molecule has 164 valence electrons. The monoisotopic (exact) mass is 452 g/mol. The van der Waals surface area contributed by atoms with E-state index in [0.717, 1.165) is 32.1 Å². The Morgan fingerprint density at radius 3 is 2.63 bits per heavy atom. The summed E-state index contributed by atoms with van der Waals surface area (Å²) in [6.07, 6.45) is 6.09. The molecule has 2 saturated heterocycles. The van der Waals surface area contributed by atoms with Crippen LogP contribution in [0, 0.1) is 12.8 Å². The predicted octanol–water partition coefficient (Wildman–Crippen LogP) is 2.20. The number of hydrogen-bond acceptors (Lipinski definition) is 6. The molecule has 4 rings (SSSR count). The van der Waals surface area contributed by atoms with E-state index in [1.807, 2.05) is 0 Å². The molecule has 10 heteroatoms. The Bertz CT molecular complexity index is 1120. The highest BCUT2D eigenvalue weighted by Gasteiger charge is 2.32. The molecule has 8 nitrogen and oxygen atoms in total. The molecule has 1 amide bonds. The Balaban J connectivity index is 1.71. The van der Waals surface area contributed by atoms with Crippen LogP contribution in [-0.4, -0.2) is 59.3 Å². The largest absolute Gasteiger partial charge is 0.341 e. The number of likely N-dealkylation sites (tertiary alicyclic amines) is 1. The lowest BCUT2D eigenvalue weighted by molar-refractivity contribution is -0.133. The smallest absolute Gasteiger partial charge is 0.263 e. The number of piperidine rings is 2.